The summed E-state index contributed by atoms with van der Waals surface area (Å²) < 4.78 is 10.2. The molecule has 0 saturated heterocycles. The minimum Gasteiger partial charge on any atom is -0.449 e. The Labute approximate surface area is 135 Å². The van der Waals surface area contributed by atoms with Crippen molar-refractivity contribution in [1.29, 1.82) is 0 Å². The first-order valence-electron chi connectivity index (χ1n) is 7.33. The molecule has 6 nitrogen and oxygen atoms in total. The maximum Gasteiger partial charge on any atom is 0.344 e. The molecule has 122 valence electrons. The molecule has 0 fully saturated rings. The SMILES string of the molecule is Cc1noc(C)c1C(=O)OC(C)C(=O)N(C)Cc1ccccc1. The second kappa shape index (κ2) is 7.09. The Hall–Kier alpha value is -2.63. The first-order chi connectivity index (χ1) is 10.9. The lowest BCUT2D eigenvalue weighted by Gasteiger charge is -2.21. The second-order valence-corrected chi connectivity index (χ2v) is 5.43. The van der Waals surface area contributed by atoms with Crippen molar-refractivity contribution in [3.63, 3.8) is 0 Å². The van der Waals surface area contributed by atoms with E-state index in [0.29, 0.717) is 18.0 Å². The molecular weight excluding hydrogens is 296 g/mol. The molecule has 0 bridgehead atoms. The van der Waals surface area contributed by atoms with Crippen molar-refractivity contribution in [2.75, 3.05) is 7.05 Å². The number of hydrogen-bond acceptors (Lipinski definition) is 5. The van der Waals surface area contributed by atoms with Gasteiger partial charge in [0.1, 0.15) is 11.3 Å². The lowest BCUT2D eigenvalue weighted by molar-refractivity contribution is -0.139. The van der Waals surface area contributed by atoms with Crippen LogP contribution >= 0.6 is 0 Å². The third-order valence-electron chi connectivity index (χ3n) is 3.51. The molecule has 23 heavy (non-hydrogen) atoms. The van der Waals surface area contributed by atoms with Crippen molar-refractivity contribution in [1.82, 2.24) is 10.1 Å². The fraction of sp³-hybridized carbons (Fsp3) is 0.353. The topological polar surface area (TPSA) is 72.6 Å². The van der Waals surface area contributed by atoms with Crippen LogP contribution in [0.5, 0.6) is 0 Å². The molecule has 0 spiro atoms. The molecule has 1 aromatic heterocycles. The fourth-order valence-electron chi connectivity index (χ4n) is 2.29. The van der Waals surface area contributed by atoms with E-state index < -0.39 is 12.1 Å². The van der Waals surface area contributed by atoms with Gasteiger partial charge < -0.3 is 14.2 Å². The number of aryl methyl sites for hydroxylation is 2. The van der Waals surface area contributed by atoms with E-state index in [1.807, 2.05) is 30.3 Å². The Morgan fingerprint density at radius 1 is 1.26 bits per heavy atom. The van der Waals surface area contributed by atoms with Gasteiger partial charge in [-0.2, -0.15) is 0 Å². The summed E-state index contributed by atoms with van der Waals surface area (Å²) in [4.78, 5) is 26.0. The molecule has 1 unspecified atom stereocenters. The molecule has 6 heteroatoms. The van der Waals surface area contributed by atoms with Gasteiger partial charge in [0.15, 0.2) is 6.10 Å². The van der Waals surface area contributed by atoms with Crippen LogP contribution in [-0.4, -0.2) is 35.1 Å². The average molecular weight is 316 g/mol. The molecule has 0 N–H and O–H groups in total. The molecule has 1 amide bonds. The maximum absolute atomic E-state index is 12.3. The minimum atomic E-state index is -0.884. The number of nitrogens with zero attached hydrogens (tertiary/aromatic N) is 2. The van der Waals surface area contributed by atoms with E-state index in [1.54, 1.807) is 27.8 Å². The summed E-state index contributed by atoms with van der Waals surface area (Å²) in [6.07, 6.45) is -0.884. The van der Waals surface area contributed by atoms with Gasteiger partial charge in [-0.15, -0.1) is 0 Å². The quantitative estimate of drug-likeness (QED) is 0.792. The van der Waals surface area contributed by atoms with Gasteiger partial charge in [-0.05, 0) is 26.3 Å². The lowest BCUT2D eigenvalue weighted by Crippen LogP contribution is -2.37. The molecule has 1 atom stereocenters. The zero-order chi connectivity index (χ0) is 17.0. The summed E-state index contributed by atoms with van der Waals surface area (Å²) >= 11 is 0. The van der Waals surface area contributed by atoms with E-state index >= 15 is 0 Å². The normalized spacial score (nSPS) is 11.8. The molecule has 2 aromatic rings. The highest BCUT2D eigenvalue weighted by Gasteiger charge is 2.25. The van der Waals surface area contributed by atoms with Crippen LogP contribution in [-0.2, 0) is 16.1 Å². The second-order valence-electron chi connectivity index (χ2n) is 5.43. The molecule has 1 aromatic carbocycles. The first-order valence-corrected chi connectivity index (χ1v) is 7.33. The zero-order valence-corrected chi connectivity index (χ0v) is 13.7. The number of ether oxygens (including phenoxy) is 1. The van der Waals surface area contributed by atoms with Crippen LogP contribution in [0.25, 0.3) is 0 Å². The van der Waals surface area contributed by atoms with Gasteiger partial charge >= 0.3 is 5.97 Å². The fourth-order valence-corrected chi connectivity index (χ4v) is 2.29. The third kappa shape index (κ3) is 3.97. The number of aromatic nitrogens is 1. The van der Waals surface area contributed by atoms with E-state index in [2.05, 4.69) is 5.16 Å². The number of likely N-dealkylation sites (N-methyl/N-ethyl adjacent to an activating group) is 1. The van der Waals surface area contributed by atoms with Crippen LogP contribution in [0.3, 0.4) is 0 Å². The Morgan fingerprint density at radius 3 is 2.48 bits per heavy atom. The van der Waals surface area contributed by atoms with Gasteiger partial charge in [0, 0.05) is 13.6 Å². The maximum atomic E-state index is 12.3. The van der Waals surface area contributed by atoms with Crippen LogP contribution in [0, 0.1) is 13.8 Å². The van der Waals surface area contributed by atoms with Gasteiger partial charge in [0.25, 0.3) is 5.91 Å². The molecule has 0 aliphatic heterocycles. The highest BCUT2D eigenvalue weighted by atomic mass is 16.5. The molecule has 0 saturated carbocycles. The number of benzene rings is 1. The van der Waals surface area contributed by atoms with Crippen molar-refractivity contribution in [2.24, 2.45) is 0 Å². The number of carbonyl (C=O) groups excluding carboxylic acids is 2. The van der Waals surface area contributed by atoms with Crippen molar-refractivity contribution < 1.29 is 18.8 Å². The van der Waals surface area contributed by atoms with Crippen LogP contribution in [0.1, 0.15) is 34.3 Å². The number of carbonyl (C=O) groups is 2. The molecule has 0 aliphatic carbocycles. The number of hydrogen-bond donors (Lipinski definition) is 0. The van der Waals surface area contributed by atoms with Gasteiger partial charge in [0.05, 0.1) is 5.69 Å². The summed E-state index contributed by atoms with van der Waals surface area (Å²) in [6.45, 7) is 5.29. The smallest absolute Gasteiger partial charge is 0.344 e. The van der Waals surface area contributed by atoms with E-state index in [4.69, 9.17) is 9.26 Å². The molecular formula is C17H20N2O4. The van der Waals surface area contributed by atoms with E-state index in [1.165, 1.54) is 4.90 Å². The monoisotopic (exact) mass is 316 g/mol. The van der Waals surface area contributed by atoms with Gasteiger partial charge in [0.2, 0.25) is 0 Å². The third-order valence-corrected chi connectivity index (χ3v) is 3.51. The van der Waals surface area contributed by atoms with Crippen LogP contribution in [0.2, 0.25) is 0 Å². The molecule has 2 rings (SSSR count). The predicted octanol–water partition coefficient (Wildman–Crippen LogP) is 2.50. The number of rotatable bonds is 5. The van der Waals surface area contributed by atoms with Gasteiger partial charge in [-0.25, -0.2) is 4.79 Å². The number of amides is 1. The Bertz CT molecular complexity index is 674. The van der Waals surface area contributed by atoms with Crippen LogP contribution in [0.15, 0.2) is 34.9 Å². The summed E-state index contributed by atoms with van der Waals surface area (Å²) in [7, 11) is 1.68. The molecule has 0 aliphatic rings. The summed E-state index contributed by atoms with van der Waals surface area (Å²) in [5.41, 5.74) is 1.73. The Kier molecular flexibility index (Phi) is 5.16. The van der Waals surface area contributed by atoms with Gasteiger partial charge in [-0.3, -0.25) is 4.79 Å². The Balaban J connectivity index is 1.98. The first kappa shape index (κ1) is 16.7. The highest BCUT2D eigenvalue weighted by Crippen LogP contribution is 2.15. The minimum absolute atomic E-state index is 0.269. The largest absolute Gasteiger partial charge is 0.449 e. The average Bonchev–Trinajstić information content (AvgIpc) is 2.86. The van der Waals surface area contributed by atoms with E-state index in [-0.39, 0.29) is 11.5 Å². The van der Waals surface area contributed by atoms with Crippen molar-refractivity contribution >= 4 is 11.9 Å². The standard InChI is InChI=1S/C17H20N2O4/c1-11-15(12(2)23-18-11)17(21)22-13(3)16(20)19(4)10-14-8-6-5-7-9-14/h5-9,13H,10H2,1-4H3. The number of esters is 1. The predicted molar refractivity (Wildman–Crippen MR) is 83.8 cm³/mol. The molecule has 1 heterocycles. The molecule has 0 radical (unpaired) electrons. The van der Waals surface area contributed by atoms with Crippen molar-refractivity contribution in [2.45, 2.75) is 33.4 Å². The highest BCUT2D eigenvalue weighted by molar-refractivity contribution is 5.93. The summed E-state index contributed by atoms with van der Waals surface area (Å²) in [5.74, 6) is -0.492. The van der Waals surface area contributed by atoms with Crippen molar-refractivity contribution in [3.8, 4) is 0 Å². The summed E-state index contributed by atoms with van der Waals surface area (Å²) in [6, 6.07) is 9.61. The van der Waals surface area contributed by atoms with Crippen LogP contribution in [0.4, 0.5) is 0 Å². The van der Waals surface area contributed by atoms with Crippen molar-refractivity contribution in [3.05, 3.63) is 52.9 Å². The zero-order valence-electron chi connectivity index (χ0n) is 13.7. The van der Waals surface area contributed by atoms with E-state index in [0.717, 1.165) is 5.56 Å². The lowest BCUT2D eigenvalue weighted by atomic mass is 10.2. The summed E-state index contributed by atoms with van der Waals surface area (Å²) in [5, 5.41) is 3.71. The van der Waals surface area contributed by atoms with Crippen LogP contribution < -0.4 is 0 Å². The van der Waals surface area contributed by atoms with Gasteiger partial charge in [-0.1, -0.05) is 35.5 Å². The Morgan fingerprint density at radius 2 is 1.91 bits per heavy atom. The van der Waals surface area contributed by atoms with E-state index in [9.17, 15) is 9.59 Å².